The normalized spacial score (nSPS) is 11.1. The van der Waals surface area contributed by atoms with E-state index in [0.717, 1.165) is 17.7 Å². The lowest BCUT2D eigenvalue weighted by Crippen LogP contribution is -2.08. The Morgan fingerprint density at radius 1 is 0.775 bits per heavy atom. The summed E-state index contributed by atoms with van der Waals surface area (Å²) in [6, 6.07) is 17.9. The van der Waals surface area contributed by atoms with Gasteiger partial charge in [-0.25, -0.2) is 4.79 Å². The molecule has 0 aromatic heterocycles. The van der Waals surface area contributed by atoms with Crippen molar-refractivity contribution in [3.63, 3.8) is 0 Å². The standard InChI is InChI=1S/C32H39N3O5/c1-3-4-5-6-7-8-9-10-11-12-23-39-29-19-13-26(14-20-29)32(36)40-30-21-22-31(25(2)24-30)34-33-27-15-17-28(18-16-27)35(37)38/h13-22,24H,3-12,23H2,1-2H3. The molecule has 8 nitrogen and oxygen atoms in total. The van der Waals surface area contributed by atoms with Gasteiger partial charge in [0.1, 0.15) is 11.5 Å². The highest BCUT2D eigenvalue weighted by Gasteiger charge is 2.10. The van der Waals surface area contributed by atoms with Crippen LogP contribution in [0.1, 0.15) is 87.1 Å². The number of benzene rings is 3. The number of carbonyl (C=O) groups is 1. The van der Waals surface area contributed by atoms with Crippen molar-refractivity contribution in [2.45, 2.75) is 78.1 Å². The van der Waals surface area contributed by atoms with Gasteiger partial charge in [0.15, 0.2) is 0 Å². The van der Waals surface area contributed by atoms with Crippen LogP contribution in [0.4, 0.5) is 17.1 Å². The Hall–Kier alpha value is -4.07. The summed E-state index contributed by atoms with van der Waals surface area (Å²) < 4.78 is 11.4. The van der Waals surface area contributed by atoms with Gasteiger partial charge in [0, 0.05) is 12.1 Å². The predicted molar refractivity (Wildman–Crippen MR) is 157 cm³/mol. The highest BCUT2D eigenvalue weighted by atomic mass is 16.6. The van der Waals surface area contributed by atoms with E-state index in [1.165, 1.54) is 82.1 Å². The fourth-order valence-electron chi connectivity index (χ4n) is 4.19. The molecular formula is C32H39N3O5. The molecule has 0 N–H and O–H groups in total. The molecule has 0 aliphatic rings. The third-order valence-corrected chi connectivity index (χ3v) is 6.57. The number of esters is 1. The minimum absolute atomic E-state index is 0.00666. The molecule has 3 aromatic carbocycles. The number of rotatable bonds is 17. The number of azo groups is 1. The van der Waals surface area contributed by atoms with Crippen LogP contribution in [-0.4, -0.2) is 17.5 Å². The molecule has 0 unspecified atom stereocenters. The molecule has 3 rings (SSSR count). The summed E-state index contributed by atoms with van der Waals surface area (Å²) in [6.45, 7) is 4.76. The molecule has 212 valence electrons. The Morgan fingerprint density at radius 2 is 1.38 bits per heavy atom. The lowest BCUT2D eigenvalue weighted by atomic mass is 10.1. The van der Waals surface area contributed by atoms with Gasteiger partial charge >= 0.3 is 5.97 Å². The summed E-state index contributed by atoms with van der Waals surface area (Å²) in [7, 11) is 0. The first-order valence-corrected chi connectivity index (χ1v) is 14.2. The third kappa shape index (κ3) is 10.6. The smallest absolute Gasteiger partial charge is 0.343 e. The molecule has 3 aromatic rings. The Morgan fingerprint density at radius 3 is 1.98 bits per heavy atom. The lowest BCUT2D eigenvalue weighted by molar-refractivity contribution is -0.384. The molecule has 0 amide bonds. The van der Waals surface area contributed by atoms with Gasteiger partial charge in [0.2, 0.25) is 0 Å². The van der Waals surface area contributed by atoms with E-state index in [0.29, 0.717) is 29.3 Å². The van der Waals surface area contributed by atoms with E-state index < -0.39 is 10.9 Å². The maximum Gasteiger partial charge on any atom is 0.343 e. The molecule has 0 spiro atoms. The number of aryl methyl sites for hydroxylation is 1. The number of carbonyl (C=O) groups excluding carboxylic acids is 1. The zero-order valence-corrected chi connectivity index (χ0v) is 23.5. The monoisotopic (exact) mass is 545 g/mol. The zero-order valence-electron chi connectivity index (χ0n) is 23.5. The number of hydrogen-bond donors (Lipinski definition) is 0. The Balaban J connectivity index is 1.39. The van der Waals surface area contributed by atoms with Gasteiger partial charge < -0.3 is 9.47 Å². The van der Waals surface area contributed by atoms with E-state index in [1.807, 2.05) is 6.92 Å². The molecule has 0 radical (unpaired) electrons. The van der Waals surface area contributed by atoms with Crippen LogP contribution in [-0.2, 0) is 0 Å². The number of ether oxygens (including phenoxy) is 2. The SMILES string of the molecule is CCCCCCCCCCCCOc1ccc(C(=O)Oc2ccc(N=Nc3ccc([N+](=O)[O-])cc3)c(C)c2)cc1. The van der Waals surface area contributed by atoms with Crippen LogP contribution in [0, 0.1) is 17.0 Å². The molecule has 0 aliphatic heterocycles. The highest BCUT2D eigenvalue weighted by Crippen LogP contribution is 2.27. The largest absolute Gasteiger partial charge is 0.494 e. The number of non-ortho nitro benzene ring substituents is 1. The summed E-state index contributed by atoms with van der Waals surface area (Å²) in [5, 5.41) is 19.1. The average molecular weight is 546 g/mol. The van der Waals surface area contributed by atoms with E-state index in [9.17, 15) is 14.9 Å². The first-order chi connectivity index (χ1) is 19.5. The van der Waals surface area contributed by atoms with Crippen LogP contribution in [0.25, 0.3) is 0 Å². The number of hydrogen-bond acceptors (Lipinski definition) is 7. The maximum atomic E-state index is 12.6. The molecule has 0 saturated carbocycles. The quantitative estimate of drug-likeness (QED) is 0.0419. The van der Waals surface area contributed by atoms with Gasteiger partial charge in [0.25, 0.3) is 5.69 Å². The van der Waals surface area contributed by atoms with Crippen molar-refractivity contribution in [2.75, 3.05) is 6.61 Å². The average Bonchev–Trinajstić information content (AvgIpc) is 2.96. The van der Waals surface area contributed by atoms with Gasteiger partial charge in [0.05, 0.1) is 28.5 Å². The number of unbranched alkanes of at least 4 members (excludes halogenated alkanes) is 9. The minimum atomic E-state index is -0.465. The Kier molecular flexibility index (Phi) is 12.8. The van der Waals surface area contributed by atoms with Crippen molar-refractivity contribution < 1.29 is 19.2 Å². The van der Waals surface area contributed by atoms with Crippen LogP contribution in [0.2, 0.25) is 0 Å². The van der Waals surface area contributed by atoms with Crippen LogP contribution < -0.4 is 9.47 Å². The first-order valence-electron chi connectivity index (χ1n) is 14.2. The van der Waals surface area contributed by atoms with E-state index >= 15 is 0 Å². The summed E-state index contributed by atoms with van der Waals surface area (Å²) in [5.41, 5.74) is 2.30. The van der Waals surface area contributed by atoms with Crippen molar-refractivity contribution in [1.29, 1.82) is 0 Å². The second kappa shape index (κ2) is 16.8. The maximum absolute atomic E-state index is 12.6. The fraction of sp³-hybridized carbons (Fsp3) is 0.406. The van der Waals surface area contributed by atoms with E-state index in [-0.39, 0.29) is 5.69 Å². The highest BCUT2D eigenvalue weighted by molar-refractivity contribution is 5.91. The van der Waals surface area contributed by atoms with Crippen LogP contribution in [0.3, 0.4) is 0 Å². The topological polar surface area (TPSA) is 103 Å². The van der Waals surface area contributed by atoms with Crippen molar-refractivity contribution in [3.05, 3.63) is 88.0 Å². The van der Waals surface area contributed by atoms with E-state index in [1.54, 1.807) is 42.5 Å². The Labute approximate surface area is 236 Å². The number of nitro benzene ring substituents is 1. The van der Waals surface area contributed by atoms with E-state index in [4.69, 9.17) is 9.47 Å². The van der Waals surface area contributed by atoms with Gasteiger partial charge in [-0.2, -0.15) is 10.2 Å². The molecule has 0 bridgehead atoms. The second-order valence-electron chi connectivity index (χ2n) is 9.87. The predicted octanol–water partition coefficient (Wildman–Crippen LogP) is 9.84. The Bertz CT molecular complexity index is 1240. The molecule has 0 atom stereocenters. The second-order valence-corrected chi connectivity index (χ2v) is 9.87. The zero-order chi connectivity index (χ0) is 28.6. The first kappa shape index (κ1) is 30.5. The molecular weight excluding hydrogens is 506 g/mol. The lowest BCUT2D eigenvalue weighted by Gasteiger charge is -2.08. The minimum Gasteiger partial charge on any atom is -0.494 e. The molecule has 0 aliphatic carbocycles. The number of nitro groups is 1. The van der Waals surface area contributed by atoms with Gasteiger partial charge in [-0.3, -0.25) is 10.1 Å². The van der Waals surface area contributed by atoms with Gasteiger partial charge in [-0.15, -0.1) is 0 Å². The van der Waals surface area contributed by atoms with Crippen molar-refractivity contribution in [3.8, 4) is 11.5 Å². The molecule has 40 heavy (non-hydrogen) atoms. The molecule has 0 fully saturated rings. The summed E-state index contributed by atoms with van der Waals surface area (Å²) in [6.07, 6.45) is 12.9. The molecule has 8 heteroatoms. The number of nitrogens with zero attached hydrogens (tertiary/aromatic N) is 3. The van der Waals surface area contributed by atoms with E-state index in [2.05, 4.69) is 17.2 Å². The molecule has 0 heterocycles. The van der Waals surface area contributed by atoms with Crippen LogP contribution in [0.5, 0.6) is 11.5 Å². The third-order valence-electron chi connectivity index (χ3n) is 6.57. The van der Waals surface area contributed by atoms with Crippen LogP contribution >= 0.6 is 0 Å². The fourth-order valence-corrected chi connectivity index (χ4v) is 4.19. The van der Waals surface area contributed by atoms with Gasteiger partial charge in [-0.1, -0.05) is 64.7 Å². The van der Waals surface area contributed by atoms with Crippen molar-refractivity contribution in [2.24, 2.45) is 10.2 Å². The summed E-state index contributed by atoms with van der Waals surface area (Å²) in [5.74, 6) is 0.685. The van der Waals surface area contributed by atoms with Crippen LogP contribution in [0.15, 0.2) is 77.0 Å². The van der Waals surface area contributed by atoms with Crippen molar-refractivity contribution in [1.82, 2.24) is 0 Å². The summed E-state index contributed by atoms with van der Waals surface area (Å²) in [4.78, 5) is 22.9. The van der Waals surface area contributed by atoms with Crippen molar-refractivity contribution >= 4 is 23.0 Å². The summed E-state index contributed by atoms with van der Waals surface area (Å²) >= 11 is 0. The molecule has 0 saturated heterocycles. The van der Waals surface area contributed by atoms with Gasteiger partial charge in [-0.05, 0) is 73.5 Å².